The minimum absolute atomic E-state index is 0.00111. The molecule has 0 unspecified atom stereocenters. The molecule has 0 fully saturated rings. The molecule has 0 atom stereocenters. The minimum Gasteiger partial charge on any atom is -0.448 e. The van der Waals surface area contributed by atoms with Crippen LogP contribution in [0.25, 0.3) is 11.0 Å². The summed E-state index contributed by atoms with van der Waals surface area (Å²) in [4.78, 5) is 25.3. The SMILES string of the molecule is Cn1c(=O)c(Oc2ccccc2F)cc2cnc(NCc3ccncc3)nc21. The molecule has 0 aliphatic rings. The average molecular weight is 377 g/mol. The van der Waals surface area contributed by atoms with Crippen LogP contribution in [-0.4, -0.2) is 19.5 Å². The molecular weight excluding hydrogens is 361 g/mol. The third kappa shape index (κ3) is 3.52. The second-order valence-electron chi connectivity index (χ2n) is 6.09. The zero-order valence-corrected chi connectivity index (χ0v) is 15.0. The second kappa shape index (κ2) is 7.43. The molecular formula is C20H16FN5O2. The van der Waals surface area contributed by atoms with Gasteiger partial charge in [-0.2, -0.15) is 4.98 Å². The third-order valence-electron chi connectivity index (χ3n) is 4.17. The molecule has 8 heteroatoms. The van der Waals surface area contributed by atoms with Crippen molar-refractivity contribution in [3.8, 4) is 11.5 Å². The summed E-state index contributed by atoms with van der Waals surface area (Å²) in [6.45, 7) is 0.524. The number of para-hydroxylation sites is 1. The van der Waals surface area contributed by atoms with Crippen molar-refractivity contribution >= 4 is 17.0 Å². The molecule has 3 aromatic heterocycles. The summed E-state index contributed by atoms with van der Waals surface area (Å²) in [5, 5.41) is 3.72. The van der Waals surface area contributed by atoms with Crippen molar-refractivity contribution < 1.29 is 9.13 Å². The number of aromatic nitrogens is 4. The monoisotopic (exact) mass is 377 g/mol. The van der Waals surface area contributed by atoms with Crippen molar-refractivity contribution in [1.82, 2.24) is 19.5 Å². The standard InChI is InChI=1S/C20H16FN5O2/c1-26-18-14(10-17(19(26)27)28-16-5-3-2-4-15(16)21)12-24-20(25-18)23-11-13-6-8-22-9-7-13/h2-10,12H,11H2,1H3,(H,23,24,25). The minimum atomic E-state index is -0.545. The summed E-state index contributed by atoms with van der Waals surface area (Å²) in [6.07, 6.45) is 5.00. The lowest BCUT2D eigenvalue weighted by atomic mass is 10.3. The molecule has 0 aliphatic heterocycles. The molecule has 0 saturated carbocycles. The lowest BCUT2D eigenvalue weighted by Crippen LogP contribution is -2.20. The Bertz CT molecular complexity index is 1190. The maximum absolute atomic E-state index is 13.8. The highest BCUT2D eigenvalue weighted by molar-refractivity contribution is 5.76. The number of hydrogen-bond acceptors (Lipinski definition) is 6. The smallest absolute Gasteiger partial charge is 0.294 e. The fourth-order valence-electron chi connectivity index (χ4n) is 2.70. The Morgan fingerprint density at radius 1 is 1.14 bits per heavy atom. The highest BCUT2D eigenvalue weighted by atomic mass is 19.1. The Balaban J connectivity index is 1.64. The number of anilines is 1. The van der Waals surface area contributed by atoms with Crippen LogP contribution >= 0.6 is 0 Å². The predicted octanol–water partition coefficient (Wildman–Crippen LogP) is 3.27. The third-order valence-corrected chi connectivity index (χ3v) is 4.17. The number of benzene rings is 1. The zero-order chi connectivity index (χ0) is 19.5. The Morgan fingerprint density at radius 2 is 1.93 bits per heavy atom. The van der Waals surface area contributed by atoms with E-state index in [4.69, 9.17) is 4.74 Å². The summed E-state index contributed by atoms with van der Waals surface area (Å²) in [6, 6.07) is 11.2. The van der Waals surface area contributed by atoms with E-state index >= 15 is 0 Å². The van der Waals surface area contributed by atoms with E-state index in [1.165, 1.54) is 22.8 Å². The van der Waals surface area contributed by atoms with E-state index in [1.54, 1.807) is 37.8 Å². The number of nitrogens with one attached hydrogen (secondary N) is 1. The largest absolute Gasteiger partial charge is 0.448 e. The Hall–Kier alpha value is -3.81. The number of halogens is 1. The zero-order valence-electron chi connectivity index (χ0n) is 15.0. The molecule has 4 rings (SSSR count). The van der Waals surface area contributed by atoms with Crippen LogP contribution in [0.1, 0.15) is 5.56 Å². The molecule has 1 N–H and O–H groups in total. The quantitative estimate of drug-likeness (QED) is 0.575. The molecule has 0 aliphatic carbocycles. The normalized spacial score (nSPS) is 10.8. The first-order valence-electron chi connectivity index (χ1n) is 8.54. The molecule has 4 aromatic rings. The van der Waals surface area contributed by atoms with Gasteiger partial charge in [0, 0.05) is 37.6 Å². The van der Waals surface area contributed by atoms with Crippen LogP contribution in [0.15, 0.2) is 65.8 Å². The van der Waals surface area contributed by atoms with Gasteiger partial charge in [0.2, 0.25) is 5.95 Å². The van der Waals surface area contributed by atoms with Crippen LogP contribution in [-0.2, 0) is 13.6 Å². The number of rotatable bonds is 5. The molecule has 0 bridgehead atoms. The van der Waals surface area contributed by atoms with E-state index in [9.17, 15) is 9.18 Å². The van der Waals surface area contributed by atoms with Crippen molar-refractivity contribution in [2.75, 3.05) is 5.32 Å². The van der Waals surface area contributed by atoms with Gasteiger partial charge < -0.3 is 10.1 Å². The van der Waals surface area contributed by atoms with Crippen molar-refractivity contribution in [3.05, 3.63) is 82.8 Å². The van der Waals surface area contributed by atoms with Crippen LogP contribution in [0.2, 0.25) is 0 Å². The topological polar surface area (TPSA) is 81.9 Å². The van der Waals surface area contributed by atoms with Crippen molar-refractivity contribution in [2.45, 2.75) is 6.54 Å². The second-order valence-corrected chi connectivity index (χ2v) is 6.09. The van der Waals surface area contributed by atoms with Gasteiger partial charge >= 0.3 is 0 Å². The van der Waals surface area contributed by atoms with Gasteiger partial charge in [0.1, 0.15) is 5.65 Å². The van der Waals surface area contributed by atoms with Gasteiger partial charge in [-0.05, 0) is 35.9 Å². The van der Waals surface area contributed by atoms with E-state index in [1.807, 2.05) is 12.1 Å². The van der Waals surface area contributed by atoms with Crippen molar-refractivity contribution in [3.63, 3.8) is 0 Å². The first kappa shape index (κ1) is 17.6. The number of fused-ring (bicyclic) bond motifs is 1. The molecule has 140 valence electrons. The first-order valence-corrected chi connectivity index (χ1v) is 8.54. The summed E-state index contributed by atoms with van der Waals surface area (Å²) in [7, 11) is 1.58. The lowest BCUT2D eigenvalue weighted by Gasteiger charge is -2.11. The highest BCUT2D eigenvalue weighted by Gasteiger charge is 2.13. The van der Waals surface area contributed by atoms with Crippen LogP contribution in [0.4, 0.5) is 10.3 Å². The number of hydrogen-bond donors (Lipinski definition) is 1. The highest BCUT2D eigenvalue weighted by Crippen LogP contribution is 2.24. The summed E-state index contributed by atoms with van der Waals surface area (Å²) in [5.41, 5.74) is 1.05. The van der Waals surface area contributed by atoms with Gasteiger partial charge in [0.25, 0.3) is 5.56 Å². The first-order chi connectivity index (χ1) is 13.6. The van der Waals surface area contributed by atoms with Gasteiger partial charge in [-0.3, -0.25) is 14.3 Å². The fraction of sp³-hybridized carbons (Fsp3) is 0.100. The van der Waals surface area contributed by atoms with Crippen LogP contribution in [0.5, 0.6) is 11.5 Å². The van der Waals surface area contributed by atoms with Gasteiger partial charge in [-0.25, -0.2) is 9.37 Å². The Morgan fingerprint density at radius 3 is 2.71 bits per heavy atom. The fourth-order valence-corrected chi connectivity index (χ4v) is 2.70. The van der Waals surface area contributed by atoms with E-state index < -0.39 is 11.4 Å². The van der Waals surface area contributed by atoms with Crippen molar-refractivity contribution in [2.24, 2.45) is 7.05 Å². The lowest BCUT2D eigenvalue weighted by molar-refractivity contribution is 0.434. The number of nitrogens with zero attached hydrogens (tertiary/aromatic N) is 4. The van der Waals surface area contributed by atoms with Crippen LogP contribution < -0.4 is 15.6 Å². The molecule has 1 aromatic carbocycles. The molecule has 7 nitrogen and oxygen atoms in total. The molecule has 0 amide bonds. The van der Waals surface area contributed by atoms with E-state index in [2.05, 4.69) is 20.3 Å². The van der Waals surface area contributed by atoms with Crippen molar-refractivity contribution in [1.29, 1.82) is 0 Å². The molecule has 0 spiro atoms. The van der Waals surface area contributed by atoms with Gasteiger partial charge in [-0.15, -0.1) is 0 Å². The predicted molar refractivity (Wildman–Crippen MR) is 103 cm³/mol. The van der Waals surface area contributed by atoms with Gasteiger partial charge in [0.05, 0.1) is 0 Å². The molecule has 28 heavy (non-hydrogen) atoms. The van der Waals surface area contributed by atoms with E-state index in [0.29, 0.717) is 23.5 Å². The maximum atomic E-state index is 13.8. The summed E-state index contributed by atoms with van der Waals surface area (Å²) < 4.78 is 20.7. The van der Waals surface area contributed by atoms with Gasteiger partial charge in [0.15, 0.2) is 17.3 Å². The summed E-state index contributed by atoms with van der Waals surface area (Å²) >= 11 is 0. The molecule has 0 saturated heterocycles. The maximum Gasteiger partial charge on any atom is 0.294 e. The van der Waals surface area contributed by atoms with E-state index in [0.717, 1.165) is 5.56 Å². The number of pyridine rings is 2. The Labute approximate surface area is 159 Å². The van der Waals surface area contributed by atoms with Crippen LogP contribution in [0.3, 0.4) is 0 Å². The molecule has 3 heterocycles. The Kier molecular flexibility index (Phi) is 4.67. The van der Waals surface area contributed by atoms with Crippen LogP contribution in [0, 0.1) is 5.82 Å². The number of ether oxygens (including phenoxy) is 1. The molecule has 0 radical (unpaired) electrons. The summed E-state index contributed by atoms with van der Waals surface area (Å²) in [5.74, 6) is -0.171. The van der Waals surface area contributed by atoms with E-state index in [-0.39, 0.29) is 11.5 Å². The number of aryl methyl sites for hydroxylation is 1. The van der Waals surface area contributed by atoms with Gasteiger partial charge in [-0.1, -0.05) is 12.1 Å². The average Bonchev–Trinajstić information content (AvgIpc) is 2.73.